The summed E-state index contributed by atoms with van der Waals surface area (Å²) < 4.78 is 24.5. The Kier molecular flexibility index (Phi) is 4.17. The topological polar surface area (TPSA) is 47.6 Å². The van der Waals surface area contributed by atoms with Crippen LogP contribution in [0.1, 0.15) is 22.3 Å². The standard InChI is InChI=1S/C14H18FNO3/c1-10-4-3-5-11(12(10)15)13(17)16-8-14(18-2)6-7-19-9-14/h3-5H,6-9H2,1-2H3,(H,16,17). The lowest BCUT2D eigenvalue weighted by Crippen LogP contribution is -2.45. The van der Waals surface area contributed by atoms with Crippen LogP contribution in [0.25, 0.3) is 0 Å². The minimum absolute atomic E-state index is 0.0603. The predicted molar refractivity (Wildman–Crippen MR) is 68.6 cm³/mol. The summed E-state index contributed by atoms with van der Waals surface area (Å²) in [6, 6.07) is 4.77. The lowest BCUT2D eigenvalue weighted by Gasteiger charge is -2.25. The zero-order chi connectivity index (χ0) is 13.9. The van der Waals surface area contributed by atoms with E-state index in [1.807, 2.05) is 0 Å². The Hall–Kier alpha value is -1.46. The minimum atomic E-state index is -0.490. The molecule has 0 aliphatic carbocycles. The number of carbonyl (C=O) groups excluding carboxylic acids is 1. The molecule has 1 aromatic rings. The van der Waals surface area contributed by atoms with E-state index in [9.17, 15) is 9.18 Å². The molecule has 1 fully saturated rings. The first-order valence-electron chi connectivity index (χ1n) is 6.24. The lowest BCUT2D eigenvalue weighted by atomic mass is 10.0. The highest BCUT2D eigenvalue weighted by molar-refractivity contribution is 5.94. The van der Waals surface area contributed by atoms with Crippen molar-refractivity contribution in [1.29, 1.82) is 0 Å². The van der Waals surface area contributed by atoms with Crippen LogP contribution in [0.2, 0.25) is 0 Å². The maximum atomic E-state index is 13.8. The van der Waals surface area contributed by atoms with Crippen molar-refractivity contribution in [1.82, 2.24) is 5.32 Å². The van der Waals surface area contributed by atoms with Gasteiger partial charge in [-0.25, -0.2) is 4.39 Å². The second-order valence-electron chi connectivity index (χ2n) is 4.81. The van der Waals surface area contributed by atoms with Gasteiger partial charge < -0.3 is 14.8 Å². The van der Waals surface area contributed by atoms with E-state index in [1.165, 1.54) is 6.07 Å². The highest BCUT2D eigenvalue weighted by atomic mass is 19.1. The quantitative estimate of drug-likeness (QED) is 0.902. The first kappa shape index (κ1) is 14.0. The molecule has 0 saturated carbocycles. The highest BCUT2D eigenvalue weighted by Crippen LogP contribution is 2.21. The van der Waals surface area contributed by atoms with Crippen molar-refractivity contribution < 1.29 is 18.7 Å². The van der Waals surface area contributed by atoms with E-state index in [2.05, 4.69) is 5.32 Å². The first-order chi connectivity index (χ1) is 9.08. The summed E-state index contributed by atoms with van der Waals surface area (Å²) in [5, 5.41) is 2.72. The molecule has 5 heteroatoms. The number of benzene rings is 1. The molecule has 0 bridgehead atoms. The fraction of sp³-hybridized carbons (Fsp3) is 0.500. The summed E-state index contributed by atoms with van der Waals surface area (Å²) in [7, 11) is 1.59. The average molecular weight is 267 g/mol. The number of hydrogen-bond donors (Lipinski definition) is 1. The first-order valence-corrected chi connectivity index (χ1v) is 6.24. The molecule has 1 aromatic carbocycles. The van der Waals surface area contributed by atoms with Crippen LogP contribution >= 0.6 is 0 Å². The van der Waals surface area contributed by atoms with Crippen LogP contribution in [0.3, 0.4) is 0 Å². The van der Waals surface area contributed by atoms with Crippen LogP contribution in [0, 0.1) is 12.7 Å². The van der Waals surface area contributed by atoms with Gasteiger partial charge >= 0.3 is 0 Å². The Balaban J connectivity index is 2.03. The van der Waals surface area contributed by atoms with Crippen molar-refractivity contribution in [2.75, 3.05) is 26.9 Å². The van der Waals surface area contributed by atoms with E-state index in [-0.39, 0.29) is 5.56 Å². The van der Waals surface area contributed by atoms with Crippen LogP contribution in [0.4, 0.5) is 4.39 Å². The van der Waals surface area contributed by atoms with Crippen LogP contribution in [-0.2, 0) is 9.47 Å². The van der Waals surface area contributed by atoms with E-state index < -0.39 is 17.3 Å². The Morgan fingerprint density at radius 1 is 1.58 bits per heavy atom. The zero-order valence-corrected chi connectivity index (χ0v) is 11.2. The molecule has 0 aromatic heterocycles. The van der Waals surface area contributed by atoms with Gasteiger partial charge in [0, 0.05) is 26.7 Å². The maximum absolute atomic E-state index is 13.8. The summed E-state index contributed by atoms with van der Waals surface area (Å²) >= 11 is 0. The molecule has 1 N–H and O–H groups in total. The summed E-state index contributed by atoms with van der Waals surface area (Å²) in [6.45, 7) is 3.01. The van der Waals surface area contributed by atoms with Gasteiger partial charge in [-0.15, -0.1) is 0 Å². The molecule has 1 aliphatic heterocycles. The molecule has 0 radical (unpaired) electrons. The van der Waals surface area contributed by atoms with Gasteiger partial charge in [0.05, 0.1) is 12.2 Å². The number of halogens is 1. The van der Waals surface area contributed by atoms with E-state index in [1.54, 1.807) is 26.2 Å². The molecule has 1 heterocycles. The molecule has 19 heavy (non-hydrogen) atoms. The number of hydrogen-bond acceptors (Lipinski definition) is 3. The Labute approximate surface area is 111 Å². The molecule has 104 valence electrons. The average Bonchev–Trinajstić information content (AvgIpc) is 2.89. The number of nitrogens with one attached hydrogen (secondary N) is 1. The van der Waals surface area contributed by atoms with E-state index in [0.717, 1.165) is 6.42 Å². The van der Waals surface area contributed by atoms with Gasteiger partial charge in [0.25, 0.3) is 5.91 Å². The van der Waals surface area contributed by atoms with E-state index in [4.69, 9.17) is 9.47 Å². The Bertz CT molecular complexity index is 470. The second-order valence-corrected chi connectivity index (χ2v) is 4.81. The van der Waals surface area contributed by atoms with Crippen molar-refractivity contribution in [2.24, 2.45) is 0 Å². The van der Waals surface area contributed by atoms with Crippen LogP contribution < -0.4 is 5.32 Å². The Morgan fingerprint density at radius 3 is 3.00 bits per heavy atom. The summed E-state index contributed by atoms with van der Waals surface area (Å²) in [5.41, 5.74) is 0.0270. The van der Waals surface area contributed by atoms with Crippen molar-refractivity contribution in [3.8, 4) is 0 Å². The minimum Gasteiger partial charge on any atom is -0.378 e. The van der Waals surface area contributed by atoms with Crippen molar-refractivity contribution >= 4 is 5.91 Å². The summed E-state index contributed by atoms with van der Waals surface area (Å²) in [6.07, 6.45) is 0.722. The number of ether oxygens (including phenoxy) is 2. The monoisotopic (exact) mass is 267 g/mol. The van der Waals surface area contributed by atoms with Gasteiger partial charge in [0.1, 0.15) is 11.4 Å². The summed E-state index contributed by atoms with van der Waals surface area (Å²) in [5.74, 6) is -0.904. The highest BCUT2D eigenvalue weighted by Gasteiger charge is 2.35. The number of carbonyl (C=O) groups is 1. The van der Waals surface area contributed by atoms with Crippen molar-refractivity contribution in [2.45, 2.75) is 18.9 Å². The molecule has 1 atom stereocenters. The zero-order valence-electron chi connectivity index (χ0n) is 11.2. The molecule has 1 unspecified atom stereocenters. The number of amides is 1. The van der Waals surface area contributed by atoms with Crippen molar-refractivity contribution in [3.63, 3.8) is 0 Å². The molecular weight excluding hydrogens is 249 g/mol. The smallest absolute Gasteiger partial charge is 0.254 e. The van der Waals surface area contributed by atoms with Crippen LogP contribution in [0.5, 0.6) is 0 Å². The van der Waals surface area contributed by atoms with Gasteiger partial charge in [-0.1, -0.05) is 12.1 Å². The molecule has 1 aliphatic rings. The number of aryl methyl sites for hydroxylation is 1. The van der Waals surface area contributed by atoms with E-state index in [0.29, 0.717) is 25.3 Å². The number of rotatable bonds is 4. The second kappa shape index (κ2) is 5.67. The number of methoxy groups -OCH3 is 1. The maximum Gasteiger partial charge on any atom is 0.254 e. The Morgan fingerprint density at radius 2 is 2.37 bits per heavy atom. The SMILES string of the molecule is COC1(CNC(=O)c2cccc(C)c2F)CCOC1. The molecule has 0 spiro atoms. The fourth-order valence-electron chi connectivity index (χ4n) is 2.12. The third-order valence-electron chi connectivity index (χ3n) is 3.51. The van der Waals surface area contributed by atoms with Crippen LogP contribution in [0.15, 0.2) is 18.2 Å². The molecule has 1 saturated heterocycles. The van der Waals surface area contributed by atoms with Crippen LogP contribution in [-0.4, -0.2) is 38.4 Å². The normalized spacial score (nSPS) is 22.5. The summed E-state index contributed by atoms with van der Waals surface area (Å²) in [4.78, 5) is 12.0. The molecule has 2 rings (SSSR count). The lowest BCUT2D eigenvalue weighted by molar-refractivity contribution is -0.0149. The van der Waals surface area contributed by atoms with Gasteiger partial charge in [-0.05, 0) is 18.6 Å². The van der Waals surface area contributed by atoms with Gasteiger partial charge in [0.15, 0.2) is 0 Å². The predicted octanol–water partition coefficient (Wildman–Crippen LogP) is 1.67. The van der Waals surface area contributed by atoms with Gasteiger partial charge in [-0.3, -0.25) is 4.79 Å². The van der Waals surface area contributed by atoms with Gasteiger partial charge in [0.2, 0.25) is 0 Å². The third kappa shape index (κ3) is 2.93. The molecular formula is C14H18FNO3. The fourth-order valence-corrected chi connectivity index (χ4v) is 2.12. The van der Waals surface area contributed by atoms with E-state index >= 15 is 0 Å². The van der Waals surface area contributed by atoms with Crippen molar-refractivity contribution in [3.05, 3.63) is 35.1 Å². The molecule has 1 amide bonds. The molecule has 4 nitrogen and oxygen atoms in total. The van der Waals surface area contributed by atoms with Gasteiger partial charge in [-0.2, -0.15) is 0 Å². The largest absolute Gasteiger partial charge is 0.378 e. The third-order valence-corrected chi connectivity index (χ3v) is 3.51.